The van der Waals surface area contributed by atoms with Crippen LogP contribution in [-0.2, 0) is 24.3 Å². The number of amides is 2. The fraction of sp³-hybridized carbons (Fsp3) is 0.619. The van der Waals surface area contributed by atoms with Gasteiger partial charge in [0.25, 0.3) is 0 Å². The molecule has 1 aromatic carbocycles. The number of benzene rings is 1. The number of aryl methyl sites for hydroxylation is 1. The first-order valence-electron chi connectivity index (χ1n) is 10.7. The molecule has 10 heteroatoms. The van der Waals surface area contributed by atoms with Gasteiger partial charge in [0, 0.05) is 12.6 Å². The molecule has 1 aromatic rings. The third-order valence-electron chi connectivity index (χ3n) is 5.71. The van der Waals surface area contributed by atoms with Crippen molar-refractivity contribution in [2.75, 3.05) is 26.8 Å². The molecule has 1 aliphatic heterocycles. The van der Waals surface area contributed by atoms with Crippen LogP contribution in [0.1, 0.15) is 44.1 Å². The lowest BCUT2D eigenvalue weighted by atomic mass is 9.95. The highest BCUT2D eigenvalue weighted by atomic mass is 32.2. The minimum absolute atomic E-state index is 0.0214. The van der Waals surface area contributed by atoms with Crippen molar-refractivity contribution in [2.24, 2.45) is 0 Å². The van der Waals surface area contributed by atoms with E-state index in [0.717, 1.165) is 32.1 Å². The topological polar surface area (TPSA) is 114 Å². The molecule has 2 amide bonds. The molecular weight excluding hydrogens is 422 g/mol. The van der Waals surface area contributed by atoms with E-state index in [1.54, 1.807) is 19.1 Å². The molecule has 1 heterocycles. The average molecular weight is 454 g/mol. The van der Waals surface area contributed by atoms with Crippen LogP contribution in [0, 0.1) is 6.92 Å². The first kappa shape index (κ1) is 23.5. The van der Waals surface area contributed by atoms with Crippen LogP contribution in [0.3, 0.4) is 0 Å². The van der Waals surface area contributed by atoms with Gasteiger partial charge in [-0.05, 0) is 49.9 Å². The van der Waals surface area contributed by atoms with Crippen molar-refractivity contribution in [2.45, 2.75) is 62.6 Å². The third kappa shape index (κ3) is 5.75. The van der Waals surface area contributed by atoms with Gasteiger partial charge >= 0.3 is 11.8 Å². The van der Waals surface area contributed by atoms with Gasteiger partial charge in [-0.2, -0.15) is 4.31 Å². The zero-order chi connectivity index (χ0) is 22.4. The fourth-order valence-electron chi connectivity index (χ4n) is 4.01. The van der Waals surface area contributed by atoms with E-state index in [2.05, 4.69) is 10.6 Å². The maximum absolute atomic E-state index is 13.2. The van der Waals surface area contributed by atoms with Gasteiger partial charge < -0.3 is 20.1 Å². The molecule has 0 radical (unpaired) electrons. The summed E-state index contributed by atoms with van der Waals surface area (Å²) in [6, 6.07) is 4.67. The van der Waals surface area contributed by atoms with Crippen molar-refractivity contribution >= 4 is 21.8 Å². The number of hydrogen-bond acceptors (Lipinski definition) is 6. The number of carbonyl (C=O) groups excluding carboxylic acids is 2. The Balaban J connectivity index is 1.64. The smallest absolute Gasteiger partial charge is 0.309 e. The zero-order valence-electron chi connectivity index (χ0n) is 18.1. The summed E-state index contributed by atoms with van der Waals surface area (Å²) in [6.07, 6.45) is 4.64. The molecule has 2 aliphatic rings. The number of sulfonamides is 1. The summed E-state index contributed by atoms with van der Waals surface area (Å²) in [4.78, 5) is 24.5. The van der Waals surface area contributed by atoms with Crippen LogP contribution < -0.4 is 15.4 Å². The van der Waals surface area contributed by atoms with Crippen LogP contribution in [-0.4, -0.2) is 63.6 Å². The van der Waals surface area contributed by atoms with E-state index >= 15 is 0 Å². The number of rotatable bonds is 6. The Hall–Kier alpha value is -2.17. The molecule has 31 heavy (non-hydrogen) atoms. The molecular formula is C21H31N3O6S. The molecule has 0 unspecified atom stereocenters. The Morgan fingerprint density at radius 1 is 1.16 bits per heavy atom. The van der Waals surface area contributed by atoms with Crippen molar-refractivity contribution < 1.29 is 27.5 Å². The first-order valence-corrected chi connectivity index (χ1v) is 12.1. The Bertz CT molecular complexity index is 898. The summed E-state index contributed by atoms with van der Waals surface area (Å²) >= 11 is 0. The van der Waals surface area contributed by atoms with Gasteiger partial charge in [-0.1, -0.05) is 19.3 Å². The molecule has 1 saturated heterocycles. The number of ether oxygens (including phenoxy) is 2. The van der Waals surface area contributed by atoms with E-state index in [-0.39, 0.29) is 24.0 Å². The van der Waals surface area contributed by atoms with Gasteiger partial charge in [0.15, 0.2) is 0 Å². The van der Waals surface area contributed by atoms with E-state index in [1.165, 1.54) is 17.5 Å². The van der Waals surface area contributed by atoms with Crippen molar-refractivity contribution in [1.29, 1.82) is 0 Å². The van der Waals surface area contributed by atoms with Gasteiger partial charge in [-0.15, -0.1) is 0 Å². The minimum Gasteiger partial charge on any atom is -0.496 e. The molecule has 2 fully saturated rings. The Labute approximate surface area is 183 Å². The second-order valence-corrected chi connectivity index (χ2v) is 9.84. The van der Waals surface area contributed by atoms with Crippen molar-refractivity contribution in [3.05, 3.63) is 23.8 Å². The SMILES string of the molecule is COc1ccc(S(=O)(=O)N2CCCO[C@@H]2CNC(=O)C(=O)NC2CCCCC2)cc1C. The van der Waals surface area contributed by atoms with Crippen LogP contribution in [0.4, 0.5) is 0 Å². The monoisotopic (exact) mass is 453 g/mol. The predicted molar refractivity (Wildman–Crippen MR) is 114 cm³/mol. The molecule has 172 valence electrons. The molecule has 0 bridgehead atoms. The van der Waals surface area contributed by atoms with E-state index < -0.39 is 28.1 Å². The predicted octanol–water partition coefficient (Wildman–Crippen LogP) is 1.31. The summed E-state index contributed by atoms with van der Waals surface area (Å²) in [6.45, 7) is 2.31. The number of nitrogens with one attached hydrogen (secondary N) is 2. The molecule has 3 rings (SSSR count). The van der Waals surface area contributed by atoms with Gasteiger partial charge in [0.05, 0.1) is 25.2 Å². The second kappa shape index (κ2) is 10.4. The Morgan fingerprint density at radius 2 is 1.90 bits per heavy atom. The molecule has 0 aromatic heterocycles. The molecule has 1 aliphatic carbocycles. The second-order valence-electron chi connectivity index (χ2n) is 7.94. The van der Waals surface area contributed by atoms with Crippen LogP contribution in [0.2, 0.25) is 0 Å². The maximum atomic E-state index is 13.2. The normalized spacial score (nSPS) is 20.8. The van der Waals surface area contributed by atoms with E-state index in [4.69, 9.17) is 9.47 Å². The Kier molecular flexibility index (Phi) is 7.90. The minimum atomic E-state index is -3.85. The van der Waals surface area contributed by atoms with E-state index in [0.29, 0.717) is 24.3 Å². The summed E-state index contributed by atoms with van der Waals surface area (Å²) in [5.41, 5.74) is 0.700. The lowest BCUT2D eigenvalue weighted by molar-refractivity contribution is -0.140. The number of methoxy groups -OCH3 is 1. The quantitative estimate of drug-likeness (QED) is 0.628. The highest BCUT2D eigenvalue weighted by Crippen LogP contribution is 2.26. The summed E-state index contributed by atoms with van der Waals surface area (Å²) in [7, 11) is -2.32. The number of carbonyl (C=O) groups is 2. The highest BCUT2D eigenvalue weighted by molar-refractivity contribution is 7.89. The van der Waals surface area contributed by atoms with Crippen LogP contribution in [0.5, 0.6) is 5.75 Å². The Morgan fingerprint density at radius 3 is 2.58 bits per heavy atom. The summed E-state index contributed by atoms with van der Waals surface area (Å²) < 4.78 is 38.5. The van der Waals surface area contributed by atoms with Gasteiger partial charge in [0.1, 0.15) is 12.0 Å². The van der Waals surface area contributed by atoms with Crippen LogP contribution in [0.15, 0.2) is 23.1 Å². The molecule has 9 nitrogen and oxygen atoms in total. The fourth-order valence-corrected chi connectivity index (χ4v) is 5.66. The highest BCUT2D eigenvalue weighted by Gasteiger charge is 2.35. The number of hydrogen-bond donors (Lipinski definition) is 2. The third-order valence-corrected chi connectivity index (χ3v) is 7.60. The van der Waals surface area contributed by atoms with E-state index in [9.17, 15) is 18.0 Å². The molecule has 0 spiro atoms. The lowest BCUT2D eigenvalue weighted by Crippen LogP contribution is -2.53. The van der Waals surface area contributed by atoms with Crippen LogP contribution >= 0.6 is 0 Å². The first-order chi connectivity index (χ1) is 14.8. The molecule has 1 atom stereocenters. The summed E-state index contributed by atoms with van der Waals surface area (Å²) in [5.74, 6) is -0.873. The van der Waals surface area contributed by atoms with Crippen molar-refractivity contribution in [3.8, 4) is 5.75 Å². The number of nitrogens with zero attached hydrogens (tertiary/aromatic N) is 1. The average Bonchev–Trinajstić information content (AvgIpc) is 2.78. The standard InChI is InChI=1S/C21H31N3O6S/c1-15-13-17(9-10-18(15)29-2)31(27,28)24-11-6-12-30-19(24)14-22-20(25)21(26)23-16-7-4-3-5-8-16/h9-10,13,16,19H,3-8,11-12,14H2,1-2H3,(H,22,25)(H,23,26)/t19-/m1/s1. The van der Waals surface area contributed by atoms with E-state index in [1.807, 2.05) is 0 Å². The zero-order valence-corrected chi connectivity index (χ0v) is 18.9. The van der Waals surface area contributed by atoms with Gasteiger partial charge in [0.2, 0.25) is 10.0 Å². The van der Waals surface area contributed by atoms with Crippen molar-refractivity contribution in [3.63, 3.8) is 0 Å². The van der Waals surface area contributed by atoms with Gasteiger partial charge in [-0.25, -0.2) is 8.42 Å². The molecule has 2 N–H and O–H groups in total. The molecule has 1 saturated carbocycles. The maximum Gasteiger partial charge on any atom is 0.309 e. The lowest BCUT2D eigenvalue weighted by Gasteiger charge is -2.34. The largest absolute Gasteiger partial charge is 0.496 e. The van der Waals surface area contributed by atoms with Crippen molar-refractivity contribution in [1.82, 2.24) is 14.9 Å². The van der Waals surface area contributed by atoms with Crippen LogP contribution in [0.25, 0.3) is 0 Å². The van der Waals surface area contributed by atoms with Gasteiger partial charge in [-0.3, -0.25) is 9.59 Å². The summed E-state index contributed by atoms with van der Waals surface area (Å²) in [5, 5.41) is 5.28.